The Labute approximate surface area is 122 Å². The van der Waals surface area contributed by atoms with Gasteiger partial charge in [-0.05, 0) is 24.0 Å². The highest BCUT2D eigenvalue weighted by molar-refractivity contribution is 6.80. The molecular weight excluding hydrogens is 245 g/mol. The first-order valence-electron chi connectivity index (χ1n) is 7.29. The van der Waals surface area contributed by atoms with Gasteiger partial charge in [0.25, 0.3) is 0 Å². The number of rotatable bonds is 7. The van der Waals surface area contributed by atoms with Crippen molar-refractivity contribution in [1.29, 1.82) is 0 Å². The summed E-state index contributed by atoms with van der Waals surface area (Å²) in [4.78, 5) is 2.28. The molecule has 0 aromatic heterocycles. The SMILES string of the molecule is CCN(CC)COB(c1ccccc1)c1ccccc1. The third kappa shape index (κ3) is 3.96. The van der Waals surface area contributed by atoms with Crippen molar-refractivity contribution in [3.8, 4) is 0 Å². The fourth-order valence-electron chi connectivity index (χ4n) is 2.23. The maximum absolute atomic E-state index is 6.18. The lowest BCUT2D eigenvalue weighted by atomic mass is 9.55. The molecule has 0 unspecified atom stereocenters. The van der Waals surface area contributed by atoms with Gasteiger partial charge in [-0.15, -0.1) is 0 Å². The Kier molecular flexibility index (Phi) is 5.84. The molecule has 0 saturated heterocycles. The summed E-state index contributed by atoms with van der Waals surface area (Å²) in [5.41, 5.74) is 2.40. The molecule has 3 heteroatoms. The van der Waals surface area contributed by atoms with Gasteiger partial charge in [0.2, 0.25) is 0 Å². The Balaban J connectivity index is 2.17. The van der Waals surface area contributed by atoms with Crippen LogP contribution in [0.1, 0.15) is 13.8 Å². The van der Waals surface area contributed by atoms with E-state index in [0.717, 1.165) is 13.1 Å². The first-order chi connectivity index (χ1) is 9.85. The number of benzene rings is 2. The van der Waals surface area contributed by atoms with E-state index < -0.39 is 0 Å². The molecule has 0 fully saturated rings. The number of hydrogen-bond donors (Lipinski definition) is 0. The highest BCUT2D eigenvalue weighted by Gasteiger charge is 2.21. The zero-order chi connectivity index (χ0) is 14.2. The first kappa shape index (κ1) is 14.8. The van der Waals surface area contributed by atoms with Crippen molar-refractivity contribution in [2.75, 3.05) is 19.8 Å². The summed E-state index contributed by atoms with van der Waals surface area (Å²) in [5, 5.41) is 0. The Morgan fingerprint density at radius 1 is 0.800 bits per heavy atom. The van der Waals surface area contributed by atoms with E-state index in [0.29, 0.717) is 6.73 Å². The largest absolute Gasteiger partial charge is 0.414 e. The average Bonchev–Trinajstić information content (AvgIpc) is 2.53. The third-order valence-electron chi connectivity index (χ3n) is 3.52. The van der Waals surface area contributed by atoms with E-state index in [1.165, 1.54) is 10.9 Å². The highest BCUT2D eigenvalue weighted by Crippen LogP contribution is 1.97. The molecule has 0 bridgehead atoms. The molecule has 0 atom stereocenters. The molecule has 0 amide bonds. The monoisotopic (exact) mass is 267 g/mol. The summed E-state index contributed by atoms with van der Waals surface area (Å²) < 4.78 is 6.18. The molecule has 0 aliphatic rings. The summed E-state index contributed by atoms with van der Waals surface area (Å²) in [6, 6.07) is 20.8. The fourth-order valence-corrected chi connectivity index (χ4v) is 2.23. The lowest BCUT2D eigenvalue weighted by Gasteiger charge is -2.22. The Morgan fingerprint density at radius 2 is 1.25 bits per heavy atom. The molecule has 2 aromatic carbocycles. The molecule has 2 nitrogen and oxygen atoms in total. The smallest absolute Gasteiger partial charge is 0.362 e. The van der Waals surface area contributed by atoms with Crippen molar-refractivity contribution in [2.45, 2.75) is 13.8 Å². The van der Waals surface area contributed by atoms with Crippen LogP contribution < -0.4 is 10.9 Å². The molecule has 0 saturated carbocycles. The van der Waals surface area contributed by atoms with Gasteiger partial charge in [-0.25, -0.2) is 0 Å². The molecule has 0 N–H and O–H groups in total. The Morgan fingerprint density at radius 3 is 1.65 bits per heavy atom. The van der Waals surface area contributed by atoms with Crippen molar-refractivity contribution in [3.05, 3.63) is 60.7 Å². The van der Waals surface area contributed by atoms with E-state index in [1.54, 1.807) is 0 Å². The normalized spacial score (nSPS) is 10.8. The van der Waals surface area contributed by atoms with Gasteiger partial charge >= 0.3 is 6.92 Å². The Hall–Kier alpha value is -1.58. The van der Waals surface area contributed by atoms with Crippen LogP contribution in [0.4, 0.5) is 0 Å². The van der Waals surface area contributed by atoms with Gasteiger partial charge in [0.05, 0.1) is 6.73 Å². The predicted octanol–water partition coefficient (Wildman–Crippen LogP) is 2.11. The van der Waals surface area contributed by atoms with E-state index >= 15 is 0 Å². The lowest BCUT2D eigenvalue weighted by Crippen LogP contribution is -2.47. The molecule has 0 radical (unpaired) electrons. The van der Waals surface area contributed by atoms with Gasteiger partial charge < -0.3 is 4.65 Å². The summed E-state index contributed by atoms with van der Waals surface area (Å²) in [6.07, 6.45) is 0. The van der Waals surface area contributed by atoms with Crippen LogP contribution in [0.3, 0.4) is 0 Å². The van der Waals surface area contributed by atoms with Crippen LogP contribution in [-0.4, -0.2) is 31.6 Å². The van der Waals surface area contributed by atoms with E-state index in [1.807, 2.05) is 12.1 Å². The number of hydrogen-bond acceptors (Lipinski definition) is 2. The minimum atomic E-state index is -0.00185. The topological polar surface area (TPSA) is 12.5 Å². The standard InChI is InChI=1S/C17H22BNO/c1-3-19(4-2)15-20-18(16-11-7-5-8-12-16)17-13-9-6-10-14-17/h5-14H,3-4,15H2,1-2H3. The van der Waals surface area contributed by atoms with E-state index in [9.17, 15) is 0 Å². The zero-order valence-corrected chi connectivity index (χ0v) is 12.3. The van der Waals surface area contributed by atoms with Crippen LogP contribution in [0.5, 0.6) is 0 Å². The van der Waals surface area contributed by atoms with Crippen LogP contribution in [0.15, 0.2) is 60.7 Å². The number of nitrogens with zero attached hydrogens (tertiary/aromatic N) is 1. The Bertz CT molecular complexity index is 445. The molecule has 2 aromatic rings. The molecule has 0 spiro atoms. The summed E-state index contributed by atoms with van der Waals surface area (Å²) in [5.74, 6) is 0. The van der Waals surface area contributed by atoms with E-state index in [-0.39, 0.29) is 6.92 Å². The van der Waals surface area contributed by atoms with Crippen LogP contribution in [0, 0.1) is 0 Å². The average molecular weight is 267 g/mol. The van der Waals surface area contributed by atoms with E-state index in [4.69, 9.17) is 4.65 Å². The zero-order valence-electron chi connectivity index (χ0n) is 12.3. The second-order valence-electron chi connectivity index (χ2n) is 4.80. The highest BCUT2D eigenvalue weighted by atomic mass is 16.4. The van der Waals surface area contributed by atoms with Gasteiger partial charge in [0, 0.05) is 0 Å². The van der Waals surface area contributed by atoms with Gasteiger partial charge in [0.15, 0.2) is 0 Å². The minimum Gasteiger partial charge on any atom is -0.414 e. The van der Waals surface area contributed by atoms with E-state index in [2.05, 4.69) is 67.3 Å². The fraction of sp³-hybridized carbons (Fsp3) is 0.294. The molecule has 2 rings (SSSR count). The first-order valence-corrected chi connectivity index (χ1v) is 7.29. The quantitative estimate of drug-likeness (QED) is 0.562. The summed E-state index contributed by atoms with van der Waals surface area (Å²) >= 11 is 0. The molecule has 104 valence electrons. The maximum atomic E-state index is 6.18. The van der Waals surface area contributed by atoms with Crippen molar-refractivity contribution < 1.29 is 4.65 Å². The summed E-state index contributed by atoms with van der Waals surface area (Å²) in [6.45, 7) is 6.99. The van der Waals surface area contributed by atoms with Crippen molar-refractivity contribution >= 4 is 17.8 Å². The van der Waals surface area contributed by atoms with Gasteiger partial charge in [-0.3, -0.25) is 4.90 Å². The van der Waals surface area contributed by atoms with Crippen molar-refractivity contribution in [3.63, 3.8) is 0 Å². The predicted molar refractivity (Wildman–Crippen MR) is 86.8 cm³/mol. The van der Waals surface area contributed by atoms with Crippen LogP contribution >= 0.6 is 0 Å². The van der Waals surface area contributed by atoms with Crippen molar-refractivity contribution in [2.24, 2.45) is 0 Å². The van der Waals surface area contributed by atoms with Gasteiger partial charge in [-0.1, -0.05) is 74.5 Å². The minimum absolute atomic E-state index is 0.00185. The third-order valence-corrected chi connectivity index (χ3v) is 3.52. The van der Waals surface area contributed by atoms with Crippen molar-refractivity contribution in [1.82, 2.24) is 4.90 Å². The van der Waals surface area contributed by atoms with Gasteiger partial charge in [-0.2, -0.15) is 0 Å². The van der Waals surface area contributed by atoms with Crippen LogP contribution in [0.2, 0.25) is 0 Å². The molecule has 0 aliphatic heterocycles. The van der Waals surface area contributed by atoms with Crippen LogP contribution in [0.25, 0.3) is 0 Å². The maximum Gasteiger partial charge on any atom is 0.362 e. The van der Waals surface area contributed by atoms with Gasteiger partial charge in [0.1, 0.15) is 0 Å². The molecule has 20 heavy (non-hydrogen) atoms. The summed E-state index contributed by atoms with van der Waals surface area (Å²) in [7, 11) is 0. The molecule has 0 heterocycles. The van der Waals surface area contributed by atoms with Crippen LogP contribution in [-0.2, 0) is 4.65 Å². The molecule has 0 aliphatic carbocycles. The second kappa shape index (κ2) is 7.88. The molecular formula is C17H22BNO. The lowest BCUT2D eigenvalue weighted by molar-refractivity contribution is 0.141. The second-order valence-corrected chi connectivity index (χ2v) is 4.80.